The van der Waals surface area contributed by atoms with Crippen LogP contribution in [-0.2, 0) is 4.79 Å². The molecule has 0 atom stereocenters. The molecule has 126 valence electrons. The maximum Gasteiger partial charge on any atom is 0.211 e. The number of carbonyl (C=O) groups is 1. The molecular weight excluding hydrogens is 272 g/mol. The van der Waals surface area contributed by atoms with E-state index in [-0.39, 0.29) is 14.9 Å². The molecule has 0 aliphatic heterocycles. The number of nitrogens with two attached hydrogens (primary N) is 1. The predicted octanol–water partition coefficient (Wildman–Crippen LogP) is 5.85. The Balaban J connectivity index is -0.000000113. The summed E-state index contributed by atoms with van der Waals surface area (Å²) in [5.74, 6) is 0. The second kappa shape index (κ2) is 23.8. The molecule has 0 unspecified atom stereocenters. The summed E-state index contributed by atoms with van der Waals surface area (Å²) in [6, 6.07) is 18.8. The van der Waals surface area contributed by atoms with Crippen molar-refractivity contribution >= 4 is 17.8 Å². The van der Waals surface area contributed by atoms with Crippen molar-refractivity contribution in [1.29, 1.82) is 0 Å². The van der Waals surface area contributed by atoms with Gasteiger partial charge in [0, 0.05) is 11.4 Å². The molecule has 0 bridgehead atoms. The zero-order valence-electron chi connectivity index (χ0n) is 12.8. The highest BCUT2D eigenvalue weighted by atomic mass is 16.1. The zero-order valence-corrected chi connectivity index (χ0v) is 12.8. The number of carbonyl (C=O) groups excluding carboxylic acids is 1. The zero-order chi connectivity index (χ0) is 15.6. The van der Waals surface area contributed by atoms with Gasteiger partial charge in [0.05, 0.1) is 0 Å². The number of nitrogens with one attached hydrogen (secondary N) is 1. The molecular formula is C19H34N2O. The Bertz CT molecular complexity index is 402. The van der Waals surface area contributed by atoms with Crippen molar-refractivity contribution in [3.8, 4) is 0 Å². The minimum Gasteiger partial charge on any atom is -0.399 e. The van der Waals surface area contributed by atoms with Gasteiger partial charge in [0.15, 0.2) is 0 Å². The molecule has 0 aromatic heterocycles. The quantitative estimate of drug-likeness (QED) is 0.540. The molecule has 3 heteroatoms. The molecule has 22 heavy (non-hydrogen) atoms. The van der Waals surface area contributed by atoms with Gasteiger partial charge in [-0.15, -0.1) is 0 Å². The fourth-order valence-electron chi connectivity index (χ4n) is 1.06. The third-order valence-corrected chi connectivity index (χ3v) is 1.80. The predicted molar refractivity (Wildman–Crippen MR) is 103 cm³/mol. The Morgan fingerprint density at radius 1 is 0.773 bits per heavy atom. The molecule has 3 nitrogen and oxygen atoms in total. The second-order valence-corrected chi connectivity index (χ2v) is 3.04. The van der Waals surface area contributed by atoms with E-state index in [0.29, 0.717) is 6.41 Å². The average Bonchev–Trinajstić information content (AvgIpc) is 2.54. The molecule has 0 saturated heterocycles. The van der Waals surface area contributed by atoms with Crippen LogP contribution in [0.5, 0.6) is 0 Å². The maximum atomic E-state index is 9.86. The molecule has 0 heterocycles. The van der Waals surface area contributed by atoms with Gasteiger partial charge in [0.1, 0.15) is 0 Å². The van der Waals surface area contributed by atoms with Crippen molar-refractivity contribution in [1.82, 2.24) is 0 Å². The molecule has 0 spiro atoms. The van der Waals surface area contributed by atoms with Crippen LogP contribution in [0.15, 0.2) is 60.7 Å². The Morgan fingerprint density at radius 3 is 1.41 bits per heavy atom. The van der Waals surface area contributed by atoms with Crippen LogP contribution < -0.4 is 11.1 Å². The third kappa shape index (κ3) is 17.7. The summed E-state index contributed by atoms with van der Waals surface area (Å²) in [7, 11) is 0. The first-order valence-electron chi connectivity index (χ1n) is 6.88. The first-order valence-corrected chi connectivity index (χ1v) is 6.88. The third-order valence-electron chi connectivity index (χ3n) is 1.80. The molecule has 2 aromatic carbocycles. The summed E-state index contributed by atoms with van der Waals surface area (Å²) in [4.78, 5) is 9.86. The van der Waals surface area contributed by atoms with Crippen molar-refractivity contribution in [2.75, 3.05) is 11.1 Å². The Morgan fingerprint density at radius 2 is 1.14 bits per heavy atom. The monoisotopic (exact) mass is 306 g/mol. The molecule has 3 N–H and O–H groups in total. The number of amides is 1. The molecule has 0 aliphatic rings. The van der Waals surface area contributed by atoms with Gasteiger partial charge >= 0.3 is 0 Å². The van der Waals surface area contributed by atoms with E-state index < -0.39 is 0 Å². The van der Waals surface area contributed by atoms with E-state index >= 15 is 0 Å². The maximum absolute atomic E-state index is 9.86. The number of para-hydroxylation sites is 2. The van der Waals surface area contributed by atoms with Crippen molar-refractivity contribution in [3.05, 3.63) is 60.7 Å². The van der Waals surface area contributed by atoms with Crippen molar-refractivity contribution < 1.29 is 4.79 Å². The average molecular weight is 306 g/mol. The Labute approximate surface area is 137 Å². The van der Waals surface area contributed by atoms with Crippen LogP contribution in [0.4, 0.5) is 11.4 Å². The fraction of sp³-hybridized carbons (Fsp3) is 0.316. The van der Waals surface area contributed by atoms with Gasteiger partial charge in [-0.3, -0.25) is 4.79 Å². The number of hydrogen-bond donors (Lipinski definition) is 2. The topological polar surface area (TPSA) is 55.1 Å². The van der Waals surface area contributed by atoms with Gasteiger partial charge in [-0.05, 0) is 24.3 Å². The minimum atomic E-state index is 0. The van der Waals surface area contributed by atoms with Crippen LogP contribution in [0.2, 0.25) is 0 Å². The van der Waals surface area contributed by atoms with Crippen molar-refractivity contribution in [2.45, 2.75) is 42.5 Å². The molecule has 2 rings (SSSR count). The summed E-state index contributed by atoms with van der Waals surface area (Å²) in [5.41, 5.74) is 7.01. The van der Waals surface area contributed by atoms with Gasteiger partial charge < -0.3 is 11.1 Å². The number of nitrogen functional groups attached to an aromatic ring is 1. The smallest absolute Gasteiger partial charge is 0.211 e. The lowest BCUT2D eigenvalue weighted by Crippen LogP contribution is -1.91. The Kier molecular flexibility index (Phi) is 30.2. The van der Waals surface area contributed by atoms with Gasteiger partial charge in [-0.25, -0.2) is 0 Å². The summed E-state index contributed by atoms with van der Waals surface area (Å²) in [6.45, 7) is 8.00. The van der Waals surface area contributed by atoms with Gasteiger partial charge in [0.2, 0.25) is 6.41 Å². The van der Waals surface area contributed by atoms with Gasteiger partial charge in [-0.1, -0.05) is 78.9 Å². The van der Waals surface area contributed by atoms with Crippen LogP contribution in [0, 0.1) is 0 Å². The molecule has 0 fully saturated rings. The minimum absolute atomic E-state index is 0. The van der Waals surface area contributed by atoms with Crippen LogP contribution in [-0.4, -0.2) is 6.41 Å². The summed E-state index contributed by atoms with van der Waals surface area (Å²) < 4.78 is 0. The highest BCUT2D eigenvalue weighted by molar-refractivity contribution is 5.70. The van der Waals surface area contributed by atoms with E-state index in [9.17, 15) is 4.79 Å². The first kappa shape index (κ1) is 28.0. The van der Waals surface area contributed by atoms with E-state index in [1.807, 2.05) is 88.4 Å². The van der Waals surface area contributed by atoms with E-state index in [4.69, 9.17) is 5.73 Å². The normalized spacial score (nSPS) is 6.73. The van der Waals surface area contributed by atoms with Crippen LogP contribution in [0.3, 0.4) is 0 Å². The molecule has 2 aromatic rings. The van der Waals surface area contributed by atoms with Gasteiger partial charge in [0.25, 0.3) is 0 Å². The van der Waals surface area contributed by atoms with Crippen molar-refractivity contribution in [3.63, 3.8) is 0 Å². The lowest BCUT2D eigenvalue weighted by Gasteiger charge is -1.93. The lowest BCUT2D eigenvalue weighted by atomic mass is 10.3. The summed E-state index contributed by atoms with van der Waals surface area (Å²) >= 11 is 0. The van der Waals surface area contributed by atoms with Crippen LogP contribution in [0.25, 0.3) is 0 Å². The summed E-state index contributed by atoms with van der Waals surface area (Å²) in [6.07, 6.45) is 0.662. The lowest BCUT2D eigenvalue weighted by molar-refractivity contribution is -0.105. The largest absolute Gasteiger partial charge is 0.399 e. The number of anilines is 2. The Hall–Kier alpha value is -2.29. The molecule has 1 amide bonds. The highest BCUT2D eigenvalue weighted by Crippen LogP contribution is 2.01. The summed E-state index contributed by atoms with van der Waals surface area (Å²) in [5, 5.41) is 2.53. The van der Waals surface area contributed by atoms with E-state index in [1.165, 1.54) is 0 Å². The highest BCUT2D eigenvalue weighted by Gasteiger charge is 1.81. The van der Waals surface area contributed by atoms with Crippen LogP contribution >= 0.6 is 0 Å². The second-order valence-electron chi connectivity index (χ2n) is 3.04. The van der Waals surface area contributed by atoms with Crippen LogP contribution in [0.1, 0.15) is 42.5 Å². The number of benzene rings is 2. The van der Waals surface area contributed by atoms with E-state index in [0.717, 1.165) is 11.4 Å². The van der Waals surface area contributed by atoms with Gasteiger partial charge in [-0.2, -0.15) is 0 Å². The molecule has 0 aliphatic carbocycles. The molecule has 0 saturated carbocycles. The number of rotatable bonds is 2. The first-order chi connectivity index (χ1) is 9.83. The van der Waals surface area contributed by atoms with E-state index in [2.05, 4.69) is 5.32 Å². The SMILES string of the molecule is C.C.CC.CC.Nc1ccccc1.O=CNc1ccccc1. The van der Waals surface area contributed by atoms with Crippen molar-refractivity contribution in [2.24, 2.45) is 0 Å². The molecule has 0 radical (unpaired) electrons. The fourth-order valence-corrected chi connectivity index (χ4v) is 1.06. The van der Waals surface area contributed by atoms with E-state index in [1.54, 1.807) is 0 Å². The standard InChI is InChI=1S/C7H7NO.C6H7N.2C2H6.2CH4/c9-6-8-7-4-2-1-3-5-7;7-6-4-2-1-3-5-6;2*1-2;;/h1-6H,(H,8,9);1-5H,7H2;2*1-2H3;2*1H4. The number of hydrogen-bond acceptors (Lipinski definition) is 2.